The first kappa shape index (κ1) is 14.8. The summed E-state index contributed by atoms with van der Waals surface area (Å²) in [4.78, 5) is 14.3. The zero-order valence-electron chi connectivity index (χ0n) is 11.9. The minimum Gasteiger partial charge on any atom is -0.462 e. The highest BCUT2D eigenvalue weighted by atomic mass is 35.5. The molecule has 0 unspecified atom stereocenters. The summed E-state index contributed by atoms with van der Waals surface area (Å²) < 4.78 is 5.14. The Labute approximate surface area is 124 Å². The van der Waals surface area contributed by atoms with Crippen LogP contribution in [0.2, 0.25) is 5.02 Å². The lowest BCUT2D eigenvalue weighted by atomic mass is 9.98. The van der Waals surface area contributed by atoms with Crippen molar-refractivity contribution in [2.75, 3.05) is 20.7 Å². The second-order valence-corrected chi connectivity index (χ2v) is 5.30. The first-order valence-corrected chi connectivity index (χ1v) is 6.94. The minimum atomic E-state index is -0.366. The van der Waals surface area contributed by atoms with E-state index >= 15 is 0 Å². The van der Waals surface area contributed by atoms with Gasteiger partial charge in [0.2, 0.25) is 0 Å². The second kappa shape index (κ2) is 6.25. The van der Waals surface area contributed by atoms with Crippen molar-refractivity contribution in [2.24, 2.45) is 0 Å². The Morgan fingerprint density at radius 2 is 2.00 bits per heavy atom. The lowest BCUT2D eigenvalue weighted by molar-refractivity contribution is 0.0529. The third-order valence-corrected chi connectivity index (χ3v) is 3.36. The molecule has 20 heavy (non-hydrogen) atoms. The van der Waals surface area contributed by atoms with Crippen LogP contribution >= 0.6 is 11.6 Å². The van der Waals surface area contributed by atoms with Crippen LogP contribution in [0.15, 0.2) is 30.3 Å². The number of hydrogen-bond acceptors (Lipinski definition) is 3. The Bertz CT molecular complexity index is 638. The van der Waals surface area contributed by atoms with Gasteiger partial charge in [0.25, 0.3) is 0 Å². The third kappa shape index (κ3) is 2.94. The van der Waals surface area contributed by atoms with E-state index in [1.165, 1.54) is 0 Å². The standard InChI is InChI=1S/C16H18ClNO2/c1-4-20-16(19)15-13(17)9-8-11-6-5-7-12(14(11)15)10-18(2)3/h5-9H,4,10H2,1-3H3. The van der Waals surface area contributed by atoms with Gasteiger partial charge in [-0.2, -0.15) is 0 Å². The summed E-state index contributed by atoms with van der Waals surface area (Å²) in [7, 11) is 3.99. The Balaban J connectivity index is 2.70. The van der Waals surface area contributed by atoms with E-state index in [1.807, 2.05) is 38.4 Å². The number of benzene rings is 2. The van der Waals surface area contributed by atoms with Crippen molar-refractivity contribution in [1.82, 2.24) is 4.90 Å². The molecule has 0 amide bonds. The van der Waals surface area contributed by atoms with Crippen LogP contribution in [0.3, 0.4) is 0 Å². The van der Waals surface area contributed by atoms with E-state index in [4.69, 9.17) is 16.3 Å². The van der Waals surface area contributed by atoms with Crippen molar-refractivity contribution in [3.63, 3.8) is 0 Å². The van der Waals surface area contributed by atoms with Gasteiger partial charge >= 0.3 is 5.97 Å². The van der Waals surface area contributed by atoms with Gasteiger partial charge in [0.15, 0.2) is 0 Å². The third-order valence-electron chi connectivity index (χ3n) is 3.05. The lowest BCUT2D eigenvalue weighted by Crippen LogP contribution is -2.13. The normalized spacial score (nSPS) is 11.1. The Morgan fingerprint density at radius 1 is 1.25 bits per heavy atom. The van der Waals surface area contributed by atoms with Crippen molar-refractivity contribution in [3.05, 3.63) is 46.5 Å². The fourth-order valence-corrected chi connectivity index (χ4v) is 2.54. The molecule has 0 aliphatic rings. The van der Waals surface area contributed by atoms with Gasteiger partial charge in [-0.15, -0.1) is 0 Å². The van der Waals surface area contributed by atoms with Crippen LogP contribution in [0.5, 0.6) is 0 Å². The maximum absolute atomic E-state index is 12.2. The number of carbonyl (C=O) groups is 1. The molecule has 0 fully saturated rings. The Kier molecular flexibility index (Phi) is 4.63. The summed E-state index contributed by atoms with van der Waals surface area (Å²) in [6.07, 6.45) is 0. The molecular formula is C16H18ClNO2. The smallest absolute Gasteiger partial charge is 0.340 e. The highest BCUT2D eigenvalue weighted by Gasteiger charge is 2.18. The zero-order valence-corrected chi connectivity index (χ0v) is 12.7. The van der Waals surface area contributed by atoms with Gasteiger partial charge in [0.1, 0.15) is 0 Å². The number of hydrogen-bond donors (Lipinski definition) is 0. The monoisotopic (exact) mass is 291 g/mol. The molecule has 3 nitrogen and oxygen atoms in total. The molecule has 0 N–H and O–H groups in total. The van der Waals surface area contributed by atoms with Crippen LogP contribution in [0, 0.1) is 0 Å². The number of nitrogens with zero attached hydrogens (tertiary/aromatic N) is 1. The van der Waals surface area contributed by atoms with Crippen molar-refractivity contribution in [3.8, 4) is 0 Å². The molecule has 0 saturated carbocycles. The van der Waals surface area contributed by atoms with Crippen LogP contribution in [0.1, 0.15) is 22.8 Å². The Morgan fingerprint density at radius 3 is 2.65 bits per heavy atom. The van der Waals surface area contributed by atoms with Gasteiger partial charge in [0, 0.05) is 11.9 Å². The summed E-state index contributed by atoms with van der Waals surface area (Å²) in [5.41, 5.74) is 1.53. The van der Waals surface area contributed by atoms with Gasteiger partial charge in [-0.25, -0.2) is 4.79 Å². The summed E-state index contributed by atoms with van der Waals surface area (Å²) in [6.45, 7) is 2.86. The molecule has 0 aliphatic carbocycles. The number of halogens is 1. The molecule has 0 saturated heterocycles. The largest absolute Gasteiger partial charge is 0.462 e. The fraction of sp³-hybridized carbons (Fsp3) is 0.312. The van der Waals surface area contributed by atoms with Crippen LogP contribution in [0.4, 0.5) is 0 Å². The zero-order chi connectivity index (χ0) is 14.7. The van der Waals surface area contributed by atoms with Crippen molar-refractivity contribution in [1.29, 1.82) is 0 Å². The number of carbonyl (C=O) groups excluding carboxylic acids is 1. The Hall–Kier alpha value is -1.58. The van der Waals surface area contributed by atoms with Gasteiger partial charge in [-0.3, -0.25) is 0 Å². The van der Waals surface area contributed by atoms with E-state index in [1.54, 1.807) is 13.0 Å². The predicted octanol–water partition coefficient (Wildman–Crippen LogP) is 3.73. The fourth-order valence-electron chi connectivity index (χ4n) is 2.30. The van der Waals surface area contributed by atoms with E-state index in [9.17, 15) is 4.79 Å². The summed E-state index contributed by atoms with van der Waals surface area (Å²) in [5.74, 6) is -0.366. The van der Waals surface area contributed by atoms with Crippen molar-refractivity contribution in [2.45, 2.75) is 13.5 Å². The molecule has 4 heteroatoms. The average Bonchev–Trinajstić information content (AvgIpc) is 2.39. The predicted molar refractivity (Wildman–Crippen MR) is 82.3 cm³/mol. The van der Waals surface area contributed by atoms with E-state index in [0.29, 0.717) is 17.2 Å². The van der Waals surface area contributed by atoms with Gasteiger partial charge in [-0.05, 0) is 38.0 Å². The van der Waals surface area contributed by atoms with Gasteiger partial charge in [-0.1, -0.05) is 35.9 Å². The maximum atomic E-state index is 12.2. The SMILES string of the molecule is CCOC(=O)c1c(Cl)ccc2cccc(CN(C)C)c12. The molecule has 0 atom stereocenters. The van der Waals surface area contributed by atoms with Crippen LogP contribution in [-0.4, -0.2) is 31.6 Å². The second-order valence-electron chi connectivity index (χ2n) is 4.90. The van der Waals surface area contributed by atoms with E-state index in [2.05, 4.69) is 4.90 Å². The summed E-state index contributed by atoms with van der Waals surface area (Å²) in [5, 5.41) is 2.31. The molecule has 0 bridgehead atoms. The molecule has 2 aromatic rings. The maximum Gasteiger partial charge on any atom is 0.340 e. The summed E-state index contributed by atoms with van der Waals surface area (Å²) >= 11 is 6.23. The van der Waals surface area contributed by atoms with Crippen LogP contribution in [-0.2, 0) is 11.3 Å². The highest BCUT2D eigenvalue weighted by Crippen LogP contribution is 2.30. The number of fused-ring (bicyclic) bond motifs is 1. The number of esters is 1. The molecule has 2 aromatic carbocycles. The van der Waals surface area contributed by atoms with E-state index in [0.717, 1.165) is 22.9 Å². The molecule has 0 spiro atoms. The first-order valence-electron chi connectivity index (χ1n) is 6.56. The van der Waals surface area contributed by atoms with Crippen molar-refractivity contribution >= 4 is 28.3 Å². The number of ether oxygens (including phenoxy) is 1. The lowest BCUT2D eigenvalue weighted by Gasteiger charge is -2.15. The minimum absolute atomic E-state index is 0.335. The van der Waals surface area contributed by atoms with E-state index in [-0.39, 0.29) is 5.97 Å². The van der Waals surface area contributed by atoms with Crippen LogP contribution < -0.4 is 0 Å². The van der Waals surface area contributed by atoms with E-state index < -0.39 is 0 Å². The topological polar surface area (TPSA) is 29.5 Å². The molecule has 106 valence electrons. The van der Waals surface area contributed by atoms with Gasteiger partial charge < -0.3 is 9.64 Å². The molecular weight excluding hydrogens is 274 g/mol. The van der Waals surface area contributed by atoms with Crippen LogP contribution in [0.25, 0.3) is 10.8 Å². The molecule has 0 aliphatic heterocycles. The van der Waals surface area contributed by atoms with Gasteiger partial charge in [0.05, 0.1) is 17.2 Å². The highest BCUT2D eigenvalue weighted by molar-refractivity contribution is 6.35. The molecule has 0 aromatic heterocycles. The van der Waals surface area contributed by atoms with Crippen molar-refractivity contribution < 1.29 is 9.53 Å². The molecule has 2 rings (SSSR count). The summed E-state index contributed by atoms with van der Waals surface area (Å²) in [6, 6.07) is 9.66. The first-order chi connectivity index (χ1) is 9.54. The number of rotatable bonds is 4. The quantitative estimate of drug-likeness (QED) is 0.804. The average molecular weight is 292 g/mol. The molecule has 0 radical (unpaired) electrons. The molecule has 0 heterocycles.